The van der Waals surface area contributed by atoms with Gasteiger partial charge in [-0.3, -0.25) is 19.5 Å². The molecule has 0 aliphatic carbocycles. The average molecular weight is 350 g/mol. The highest BCUT2D eigenvalue weighted by Gasteiger charge is 2.39. The number of amides is 1. The summed E-state index contributed by atoms with van der Waals surface area (Å²) in [6.45, 7) is 5.43. The zero-order valence-electron chi connectivity index (χ0n) is 15.1. The number of para-hydroxylation sites is 1. The smallest absolute Gasteiger partial charge is 0.323 e. The summed E-state index contributed by atoms with van der Waals surface area (Å²) in [5.41, 5.74) is 2.51. The number of benzene rings is 2. The van der Waals surface area contributed by atoms with Crippen molar-refractivity contribution in [1.82, 2.24) is 0 Å². The molecule has 5 nitrogen and oxygen atoms in total. The second-order valence-electron chi connectivity index (χ2n) is 7.45. The van der Waals surface area contributed by atoms with E-state index in [-0.39, 0.29) is 12.5 Å². The number of benzodiazepines with no additional fused rings is 1. The number of carbonyl (C=O) groups excluding carboxylic acids is 1. The number of carbonyl (C=O) groups is 2. The van der Waals surface area contributed by atoms with Crippen molar-refractivity contribution < 1.29 is 14.7 Å². The summed E-state index contributed by atoms with van der Waals surface area (Å²) in [5, 5.41) is 9.34. The van der Waals surface area contributed by atoms with Crippen LogP contribution in [-0.2, 0) is 9.59 Å². The van der Waals surface area contributed by atoms with E-state index < -0.39 is 17.4 Å². The molecule has 1 aliphatic heterocycles. The Labute approximate surface area is 153 Å². The van der Waals surface area contributed by atoms with Crippen LogP contribution >= 0.6 is 0 Å². The molecule has 0 saturated carbocycles. The third kappa shape index (κ3) is 3.38. The number of hydrogen-bond acceptors (Lipinski definition) is 3. The molecule has 0 radical (unpaired) electrons. The fraction of sp³-hybridized carbons (Fsp3) is 0.286. The molecule has 0 aromatic heterocycles. The molecule has 1 N–H and O–H groups in total. The number of anilines is 1. The molecule has 0 bridgehead atoms. The Morgan fingerprint density at radius 3 is 2.31 bits per heavy atom. The van der Waals surface area contributed by atoms with Gasteiger partial charge < -0.3 is 5.11 Å². The summed E-state index contributed by atoms with van der Waals surface area (Å²) >= 11 is 0. The second-order valence-corrected chi connectivity index (χ2v) is 7.45. The van der Waals surface area contributed by atoms with Gasteiger partial charge in [0, 0.05) is 11.1 Å². The molecule has 2 aromatic carbocycles. The quantitative estimate of drug-likeness (QED) is 0.923. The highest BCUT2D eigenvalue weighted by molar-refractivity contribution is 6.20. The first-order valence-electron chi connectivity index (χ1n) is 8.55. The number of fused-ring (bicyclic) bond motifs is 1. The molecule has 1 atom stereocenters. The monoisotopic (exact) mass is 350 g/mol. The Morgan fingerprint density at radius 1 is 1.08 bits per heavy atom. The van der Waals surface area contributed by atoms with Gasteiger partial charge in [-0.1, -0.05) is 69.3 Å². The first-order valence-corrected chi connectivity index (χ1v) is 8.55. The fourth-order valence-corrected chi connectivity index (χ4v) is 3.12. The van der Waals surface area contributed by atoms with Gasteiger partial charge in [0.2, 0.25) is 0 Å². The number of carboxylic acid groups (broad SMARTS) is 1. The van der Waals surface area contributed by atoms with E-state index in [4.69, 9.17) is 4.99 Å². The highest BCUT2D eigenvalue weighted by atomic mass is 16.4. The number of hydrogen-bond donors (Lipinski definition) is 1. The van der Waals surface area contributed by atoms with E-state index in [0.717, 1.165) is 11.1 Å². The summed E-state index contributed by atoms with van der Waals surface area (Å²) in [4.78, 5) is 30.8. The van der Waals surface area contributed by atoms with Crippen molar-refractivity contribution in [3.8, 4) is 0 Å². The van der Waals surface area contributed by atoms with Gasteiger partial charge in [0.1, 0.15) is 12.6 Å². The molecule has 1 heterocycles. The summed E-state index contributed by atoms with van der Waals surface area (Å²) in [7, 11) is 0. The van der Waals surface area contributed by atoms with Crippen LogP contribution in [0.5, 0.6) is 0 Å². The van der Waals surface area contributed by atoms with E-state index in [1.807, 2.05) is 63.2 Å². The van der Waals surface area contributed by atoms with Gasteiger partial charge in [0.05, 0.1) is 11.4 Å². The number of aliphatic carboxylic acids is 1. The van der Waals surface area contributed by atoms with E-state index in [0.29, 0.717) is 11.4 Å². The summed E-state index contributed by atoms with van der Waals surface area (Å²) in [6, 6.07) is 16.3. The molecule has 0 fully saturated rings. The van der Waals surface area contributed by atoms with Crippen molar-refractivity contribution >= 4 is 23.3 Å². The topological polar surface area (TPSA) is 70.0 Å². The van der Waals surface area contributed by atoms with Gasteiger partial charge >= 0.3 is 5.97 Å². The number of nitrogens with zero attached hydrogens (tertiary/aromatic N) is 2. The van der Waals surface area contributed by atoms with Crippen molar-refractivity contribution in [2.75, 3.05) is 11.4 Å². The maximum absolute atomic E-state index is 13.2. The average Bonchev–Trinajstić information content (AvgIpc) is 2.71. The maximum atomic E-state index is 13.2. The lowest BCUT2D eigenvalue weighted by Gasteiger charge is -2.30. The van der Waals surface area contributed by atoms with Crippen LogP contribution in [0.15, 0.2) is 59.6 Å². The summed E-state index contributed by atoms with van der Waals surface area (Å²) in [6.07, 6.45) is 0. The lowest BCUT2D eigenvalue weighted by Crippen LogP contribution is -2.46. The number of rotatable bonds is 3. The van der Waals surface area contributed by atoms with Crippen molar-refractivity contribution in [3.63, 3.8) is 0 Å². The zero-order valence-corrected chi connectivity index (χ0v) is 15.1. The third-order valence-electron chi connectivity index (χ3n) is 4.37. The lowest BCUT2D eigenvalue weighted by atomic mass is 9.86. The van der Waals surface area contributed by atoms with Gasteiger partial charge in [0.25, 0.3) is 5.91 Å². The van der Waals surface area contributed by atoms with E-state index in [2.05, 4.69) is 0 Å². The van der Waals surface area contributed by atoms with Gasteiger partial charge in [-0.15, -0.1) is 0 Å². The van der Waals surface area contributed by atoms with Crippen molar-refractivity contribution in [1.29, 1.82) is 0 Å². The standard InChI is InChI=1S/C21H22N2O3/c1-21(2,3)19-20(26)23(13-17(24)25)16-12-8-7-11-15(16)18(22-19)14-9-5-4-6-10-14/h4-12,19H,13H2,1-3H3,(H,24,25). The molecule has 1 amide bonds. The van der Waals surface area contributed by atoms with Crippen LogP contribution in [0.1, 0.15) is 31.9 Å². The Bertz CT molecular complexity index is 866. The van der Waals surface area contributed by atoms with Crippen LogP contribution in [0.3, 0.4) is 0 Å². The molecular weight excluding hydrogens is 328 g/mol. The number of carboxylic acids is 1. The second kappa shape index (κ2) is 6.75. The molecule has 1 unspecified atom stereocenters. The van der Waals surface area contributed by atoms with Crippen molar-refractivity contribution in [2.24, 2.45) is 10.4 Å². The fourth-order valence-electron chi connectivity index (χ4n) is 3.12. The van der Waals surface area contributed by atoms with Crippen molar-refractivity contribution in [2.45, 2.75) is 26.8 Å². The molecule has 0 spiro atoms. The van der Waals surface area contributed by atoms with Crippen LogP contribution in [-0.4, -0.2) is 35.3 Å². The molecule has 0 saturated heterocycles. The molecule has 3 rings (SSSR count). The Balaban J connectivity index is 2.27. The lowest BCUT2D eigenvalue weighted by molar-refractivity contribution is -0.137. The first kappa shape index (κ1) is 17.9. The van der Waals surface area contributed by atoms with Crippen LogP contribution in [0.25, 0.3) is 0 Å². The van der Waals surface area contributed by atoms with Crippen molar-refractivity contribution in [3.05, 3.63) is 65.7 Å². The molecule has 1 aliphatic rings. The Morgan fingerprint density at radius 2 is 1.69 bits per heavy atom. The normalized spacial score (nSPS) is 17.3. The van der Waals surface area contributed by atoms with Gasteiger partial charge in [-0.25, -0.2) is 0 Å². The zero-order chi connectivity index (χ0) is 18.9. The van der Waals surface area contributed by atoms with Crippen LogP contribution in [0.4, 0.5) is 5.69 Å². The summed E-state index contributed by atoms with van der Waals surface area (Å²) in [5.74, 6) is -1.35. The van der Waals surface area contributed by atoms with Crippen LogP contribution in [0.2, 0.25) is 0 Å². The van der Waals surface area contributed by atoms with E-state index in [1.165, 1.54) is 4.90 Å². The molecule has 5 heteroatoms. The van der Waals surface area contributed by atoms with Gasteiger partial charge in [-0.2, -0.15) is 0 Å². The third-order valence-corrected chi connectivity index (χ3v) is 4.37. The highest BCUT2D eigenvalue weighted by Crippen LogP contribution is 2.33. The van der Waals surface area contributed by atoms with E-state index in [1.54, 1.807) is 12.1 Å². The molecular formula is C21H22N2O3. The molecule has 26 heavy (non-hydrogen) atoms. The minimum absolute atomic E-state index is 0.293. The minimum Gasteiger partial charge on any atom is -0.480 e. The minimum atomic E-state index is -1.05. The SMILES string of the molecule is CC(C)(C)C1N=C(c2ccccc2)c2ccccc2N(CC(=O)O)C1=O. The van der Waals surface area contributed by atoms with Crippen LogP contribution < -0.4 is 4.90 Å². The van der Waals surface area contributed by atoms with Crippen LogP contribution in [0, 0.1) is 5.41 Å². The van der Waals surface area contributed by atoms with Gasteiger partial charge in [-0.05, 0) is 11.5 Å². The van der Waals surface area contributed by atoms with E-state index in [9.17, 15) is 14.7 Å². The molecule has 2 aromatic rings. The maximum Gasteiger partial charge on any atom is 0.323 e. The Kier molecular flexibility index (Phi) is 4.64. The Hall–Kier alpha value is -2.95. The predicted molar refractivity (Wildman–Crippen MR) is 102 cm³/mol. The van der Waals surface area contributed by atoms with E-state index >= 15 is 0 Å². The first-order chi connectivity index (χ1) is 12.3. The number of aliphatic imine (C=N–C) groups is 1. The largest absolute Gasteiger partial charge is 0.480 e. The molecule has 134 valence electrons. The van der Waals surface area contributed by atoms with Gasteiger partial charge in [0.15, 0.2) is 0 Å². The summed E-state index contributed by atoms with van der Waals surface area (Å²) < 4.78 is 0. The predicted octanol–water partition coefficient (Wildman–Crippen LogP) is 3.37.